The minimum Gasteiger partial charge on any atom is -0.456 e. The van der Waals surface area contributed by atoms with E-state index in [2.05, 4.69) is 0 Å². The van der Waals surface area contributed by atoms with Gasteiger partial charge in [-0.3, -0.25) is 0 Å². The van der Waals surface area contributed by atoms with E-state index in [4.69, 9.17) is 4.42 Å². The fourth-order valence-corrected chi connectivity index (χ4v) is 2.27. The Balaban J connectivity index is 2.31. The third kappa shape index (κ3) is 1.61. The number of furan rings is 1. The normalized spacial score (nSPS) is 15.1. The van der Waals surface area contributed by atoms with Crippen LogP contribution in [0.1, 0.15) is 25.8 Å². The number of hydrogen-bond acceptors (Lipinski definition) is 2. The first-order valence-electron chi connectivity index (χ1n) is 6.26. The van der Waals surface area contributed by atoms with Crippen molar-refractivity contribution in [2.75, 3.05) is 0 Å². The molecule has 0 aliphatic heterocycles. The Morgan fingerprint density at radius 3 is 2.56 bits per heavy atom. The van der Waals surface area contributed by atoms with Gasteiger partial charge in [-0.05, 0) is 37.1 Å². The number of hydrogen-bond donors (Lipinski definition) is 1. The van der Waals surface area contributed by atoms with Gasteiger partial charge in [-0.15, -0.1) is 0 Å². The van der Waals surface area contributed by atoms with E-state index < -0.39 is 5.60 Å². The Bertz CT molecular complexity index is 707. The number of aliphatic hydroxyl groups is 1. The molecule has 18 heavy (non-hydrogen) atoms. The molecule has 0 aliphatic rings. The van der Waals surface area contributed by atoms with E-state index in [1.165, 1.54) is 0 Å². The number of fused-ring (bicyclic) bond motifs is 3. The van der Waals surface area contributed by atoms with Gasteiger partial charge in [0.1, 0.15) is 11.2 Å². The second-order valence-electron chi connectivity index (χ2n) is 4.94. The van der Waals surface area contributed by atoms with Crippen LogP contribution in [0.15, 0.2) is 46.9 Å². The molecule has 1 unspecified atom stereocenters. The standard InChI is InChI=1S/C16H16O2/c1-3-16(2,17)11-8-9-15-13(10-11)12-6-4-5-7-14(12)18-15/h4-10,17H,3H2,1-2H3. The molecule has 0 radical (unpaired) electrons. The van der Waals surface area contributed by atoms with Crippen LogP contribution in [-0.4, -0.2) is 5.11 Å². The van der Waals surface area contributed by atoms with Gasteiger partial charge in [0.25, 0.3) is 0 Å². The maximum absolute atomic E-state index is 10.3. The Kier molecular flexibility index (Phi) is 2.42. The molecule has 2 aromatic carbocycles. The van der Waals surface area contributed by atoms with E-state index in [0.717, 1.165) is 27.5 Å². The van der Waals surface area contributed by atoms with E-state index >= 15 is 0 Å². The lowest BCUT2D eigenvalue weighted by atomic mass is 9.92. The maximum Gasteiger partial charge on any atom is 0.135 e. The highest BCUT2D eigenvalue weighted by atomic mass is 16.3. The molecule has 2 heteroatoms. The summed E-state index contributed by atoms with van der Waals surface area (Å²) in [7, 11) is 0. The smallest absolute Gasteiger partial charge is 0.135 e. The molecule has 1 aromatic heterocycles. The summed E-state index contributed by atoms with van der Waals surface area (Å²) in [5, 5.41) is 12.5. The first-order chi connectivity index (χ1) is 8.62. The van der Waals surface area contributed by atoms with Gasteiger partial charge in [0.15, 0.2) is 0 Å². The molecule has 0 saturated heterocycles. The van der Waals surface area contributed by atoms with Crippen molar-refractivity contribution in [1.82, 2.24) is 0 Å². The molecule has 1 heterocycles. The molecule has 0 aliphatic carbocycles. The zero-order chi connectivity index (χ0) is 12.8. The molecule has 3 rings (SSSR count). The minimum absolute atomic E-state index is 0.689. The van der Waals surface area contributed by atoms with Gasteiger partial charge in [0, 0.05) is 10.8 Å². The SMILES string of the molecule is CCC(C)(O)c1ccc2oc3ccccc3c2c1. The van der Waals surface area contributed by atoms with Gasteiger partial charge in [-0.2, -0.15) is 0 Å². The fourth-order valence-electron chi connectivity index (χ4n) is 2.27. The van der Waals surface area contributed by atoms with E-state index in [1.54, 1.807) is 0 Å². The van der Waals surface area contributed by atoms with E-state index in [-0.39, 0.29) is 0 Å². The van der Waals surface area contributed by atoms with Crippen molar-refractivity contribution >= 4 is 21.9 Å². The highest BCUT2D eigenvalue weighted by Crippen LogP contribution is 2.33. The quantitative estimate of drug-likeness (QED) is 0.728. The maximum atomic E-state index is 10.3. The Morgan fingerprint density at radius 1 is 1.06 bits per heavy atom. The van der Waals surface area contributed by atoms with Crippen molar-refractivity contribution in [2.45, 2.75) is 25.9 Å². The number of rotatable bonds is 2. The molecular weight excluding hydrogens is 224 g/mol. The lowest BCUT2D eigenvalue weighted by Crippen LogP contribution is -2.19. The van der Waals surface area contributed by atoms with Crippen LogP contribution in [-0.2, 0) is 5.60 Å². The van der Waals surface area contributed by atoms with Gasteiger partial charge >= 0.3 is 0 Å². The largest absolute Gasteiger partial charge is 0.456 e. The van der Waals surface area contributed by atoms with E-state index in [0.29, 0.717) is 6.42 Å². The monoisotopic (exact) mass is 240 g/mol. The third-order valence-electron chi connectivity index (χ3n) is 3.69. The van der Waals surface area contributed by atoms with Crippen LogP contribution in [0, 0.1) is 0 Å². The molecule has 1 atom stereocenters. The van der Waals surface area contributed by atoms with Crippen molar-refractivity contribution < 1.29 is 9.52 Å². The Morgan fingerprint density at radius 2 is 1.78 bits per heavy atom. The van der Waals surface area contributed by atoms with Crippen molar-refractivity contribution in [3.63, 3.8) is 0 Å². The molecule has 0 amide bonds. The lowest BCUT2D eigenvalue weighted by molar-refractivity contribution is 0.0532. The van der Waals surface area contributed by atoms with Gasteiger partial charge in [-0.25, -0.2) is 0 Å². The van der Waals surface area contributed by atoms with Crippen molar-refractivity contribution in [2.24, 2.45) is 0 Å². The summed E-state index contributed by atoms with van der Waals surface area (Å²) >= 11 is 0. The zero-order valence-electron chi connectivity index (χ0n) is 10.6. The zero-order valence-corrected chi connectivity index (χ0v) is 10.6. The highest BCUT2D eigenvalue weighted by Gasteiger charge is 2.21. The van der Waals surface area contributed by atoms with Crippen LogP contribution >= 0.6 is 0 Å². The second-order valence-corrected chi connectivity index (χ2v) is 4.94. The van der Waals surface area contributed by atoms with Gasteiger partial charge in [0.2, 0.25) is 0 Å². The number of para-hydroxylation sites is 1. The van der Waals surface area contributed by atoms with Crippen LogP contribution < -0.4 is 0 Å². The molecule has 0 saturated carbocycles. The number of benzene rings is 2. The lowest BCUT2D eigenvalue weighted by Gasteiger charge is -2.21. The summed E-state index contributed by atoms with van der Waals surface area (Å²) < 4.78 is 5.77. The fraction of sp³-hybridized carbons (Fsp3) is 0.250. The highest BCUT2D eigenvalue weighted by molar-refractivity contribution is 6.05. The molecular formula is C16H16O2. The molecule has 92 valence electrons. The van der Waals surface area contributed by atoms with Gasteiger partial charge in [-0.1, -0.05) is 31.2 Å². The summed E-state index contributed by atoms with van der Waals surface area (Å²) in [6.07, 6.45) is 0.689. The summed E-state index contributed by atoms with van der Waals surface area (Å²) in [6, 6.07) is 13.9. The van der Waals surface area contributed by atoms with Crippen molar-refractivity contribution in [1.29, 1.82) is 0 Å². The van der Waals surface area contributed by atoms with E-state index in [1.807, 2.05) is 56.3 Å². The first-order valence-corrected chi connectivity index (χ1v) is 6.26. The van der Waals surface area contributed by atoms with Crippen LogP contribution in [0.3, 0.4) is 0 Å². The summed E-state index contributed by atoms with van der Waals surface area (Å²) in [6.45, 7) is 3.83. The van der Waals surface area contributed by atoms with E-state index in [9.17, 15) is 5.11 Å². The summed E-state index contributed by atoms with van der Waals surface area (Å²) in [4.78, 5) is 0. The minimum atomic E-state index is -0.785. The molecule has 0 spiro atoms. The van der Waals surface area contributed by atoms with Gasteiger partial charge < -0.3 is 9.52 Å². The topological polar surface area (TPSA) is 33.4 Å². The molecule has 1 N–H and O–H groups in total. The van der Waals surface area contributed by atoms with Crippen LogP contribution in [0.2, 0.25) is 0 Å². The average molecular weight is 240 g/mol. The Hall–Kier alpha value is -1.80. The predicted octanol–water partition coefficient (Wildman–Crippen LogP) is 4.20. The first kappa shape index (κ1) is 11.3. The molecule has 3 aromatic rings. The second kappa shape index (κ2) is 3.85. The van der Waals surface area contributed by atoms with Crippen LogP contribution in [0.5, 0.6) is 0 Å². The average Bonchev–Trinajstić information content (AvgIpc) is 2.76. The predicted molar refractivity (Wildman–Crippen MR) is 73.6 cm³/mol. The van der Waals surface area contributed by atoms with Crippen LogP contribution in [0.25, 0.3) is 21.9 Å². The third-order valence-corrected chi connectivity index (χ3v) is 3.69. The van der Waals surface area contributed by atoms with Crippen molar-refractivity contribution in [3.05, 3.63) is 48.0 Å². The van der Waals surface area contributed by atoms with Gasteiger partial charge in [0.05, 0.1) is 5.60 Å². The van der Waals surface area contributed by atoms with Crippen LogP contribution in [0.4, 0.5) is 0 Å². The molecule has 0 fully saturated rings. The molecule has 2 nitrogen and oxygen atoms in total. The summed E-state index contributed by atoms with van der Waals surface area (Å²) in [5.41, 5.74) is 1.91. The van der Waals surface area contributed by atoms with Crippen molar-refractivity contribution in [3.8, 4) is 0 Å². The molecule has 0 bridgehead atoms. The Labute approximate surface area is 106 Å². The summed E-state index contributed by atoms with van der Waals surface area (Å²) in [5.74, 6) is 0.